The SMILES string of the molecule is Cc1cc(/C=N/Nc2ccc(S(=O)(=O)Nc3ccccc3)cc2[N+](=O)[O-])c(C)[nH]1. The van der Waals surface area contributed by atoms with Gasteiger partial charge in [0.25, 0.3) is 15.7 Å². The van der Waals surface area contributed by atoms with Crippen LogP contribution in [0, 0.1) is 24.0 Å². The van der Waals surface area contributed by atoms with Crippen LogP contribution in [-0.4, -0.2) is 24.5 Å². The molecule has 10 heteroatoms. The van der Waals surface area contributed by atoms with Crippen molar-refractivity contribution in [2.24, 2.45) is 5.10 Å². The van der Waals surface area contributed by atoms with E-state index in [-0.39, 0.29) is 10.6 Å². The molecule has 0 amide bonds. The zero-order valence-electron chi connectivity index (χ0n) is 15.7. The Balaban J connectivity index is 1.85. The molecule has 0 spiro atoms. The summed E-state index contributed by atoms with van der Waals surface area (Å²) in [4.78, 5) is 13.7. The number of anilines is 2. The minimum atomic E-state index is -3.98. The van der Waals surface area contributed by atoms with Crippen LogP contribution >= 0.6 is 0 Å². The number of aromatic nitrogens is 1. The van der Waals surface area contributed by atoms with Crippen molar-refractivity contribution in [3.8, 4) is 0 Å². The maximum Gasteiger partial charge on any atom is 0.295 e. The molecule has 0 bridgehead atoms. The lowest BCUT2D eigenvalue weighted by Crippen LogP contribution is -2.13. The average molecular weight is 413 g/mol. The molecule has 0 saturated carbocycles. The van der Waals surface area contributed by atoms with Crippen LogP contribution in [0.25, 0.3) is 0 Å². The fourth-order valence-corrected chi connectivity index (χ4v) is 3.77. The van der Waals surface area contributed by atoms with Gasteiger partial charge in [-0.2, -0.15) is 5.10 Å². The lowest BCUT2D eigenvalue weighted by atomic mass is 10.2. The van der Waals surface area contributed by atoms with E-state index in [2.05, 4.69) is 20.2 Å². The van der Waals surface area contributed by atoms with Gasteiger partial charge in [0.05, 0.1) is 16.0 Å². The van der Waals surface area contributed by atoms with Gasteiger partial charge in [0, 0.05) is 28.7 Å². The third-order valence-electron chi connectivity index (χ3n) is 4.08. The van der Waals surface area contributed by atoms with Crippen molar-refractivity contribution in [1.29, 1.82) is 0 Å². The summed E-state index contributed by atoms with van der Waals surface area (Å²) in [5.41, 5.74) is 5.36. The largest absolute Gasteiger partial charge is 0.362 e. The van der Waals surface area contributed by atoms with Gasteiger partial charge in [0.1, 0.15) is 5.69 Å². The van der Waals surface area contributed by atoms with Gasteiger partial charge in [0.2, 0.25) is 0 Å². The lowest BCUT2D eigenvalue weighted by molar-refractivity contribution is -0.384. The van der Waals surface area contributed by atoms with E-state index >= 15 is 0 Å². The number of nitrogens with zero attached hydrogens (tertiary/aromatic N) is 2. The van der Waals surface area contributed by atoms with Crippen LogP contribution < -0.4 is 10.1 Å². The van der Waals surface area contributed by atoms with Gasteiger partial charge >= 0.3 is 0 Å². The van der Waals surface area contributed by atoms with Gasteiger partial charge in [-0.25, -0.2) is 8.42 Å². The molecule has 0 aliphatic heterocycles. The Morgan fingerprint density at radius 3 is 2.45 bits per heavy atom. The first-order valence-corrected chi connectivity index (χ1v) is 10.1. The first-order chi connectivity index (χ1) is 13.8. The summed E-state index contributed by atoms with van der Waals surface area (Å²) in [7, 11) is -3.98. The number of hydrazone groups is 1. The van der Waals surface area contributed by atoms with E-state index in [4.69, 9.17) is 0 Å². The Hall–Kier alpha value is -3.66. The molecule has 1 aromatic heterocycles. The number of H-pyrrole nitrogens is 1. The summed E-state index contributed by atoms with van der Waals surface area (Å²) in [5.74, 6) is 0. The fourth-order valence-electron chi connectivity index (χ4n) is 2.70. The van der Waals surface area contributed by atoms with E-state index < -0.39 is 20.6 Å². The van der Waals surface area contributed by atoms with Crippen molar-refractivity contribution in [3.05, 3.63) is 81.7 Å². The summed E-state index contributed by atoms with van der Waals surface area (Å²) in [5, 5.41) is 15.5. The molecule has 0 atom stereocenters. The van der Waals surface area contributed by atoms with Gasteiger partial charge in [0.15, 0.2) is 0 Å². The third-order valence-corrected chi connectivity index (χ3v) is 5.46. The van der Waals surface area contributed by atoms with E-state index in [0.717, 1.165) is 23.0 Å². The molecule has 0 aliphatic rings. The molecule has 9 nitrogen and oxygen atoms in total. The number of hydrogen-bond donors (Lipinski definition) is 3. The van der Waals surface area contributed by atoms with Crippen LogP contribution in [0.2, 0.25) is 0 Å². The number of nitrogens with one attached hydrogen (secondary N) is 3. The van der Waals surface area contributed by atoms with E-state index in [9.17, 15) is 18.5 Å². The van der Waals surface area contributed by atoms with Crippen LogP contribution in [0.3, 0.4) is 0 Å². The number of aryl methyl sites for hydroxylation is 2. The minimum absolute atomic E-state index is 0.0785. The monoisotopic (exact) mass is 413 g/mol. The van der Waals surface area contributed by atoms with E-state index in [0.29, 0.717) is 5.69 Å². The van der Waals surface area contributed by atoms with Crippen LogP contribution in [0.5, 0.6) is 0 Å². The second-order valence-corrected chi connectivity index (χ2v) is 7.99. The number of para-hydroxylation sites is 1. The van der Waals surface area contributed by atoms with Crippen molar-refractivity contribution >= 4 is 33.3 Å². The molecule has 0 unspecified atom stereocenters. The maximum atomic E-state index is 12.5. The molecule has 3 N–H and O–H groups in total. The van der Waals surface area contributed by atoms with Gasteiger partial charge in [-0.15, -0.1) is 0 Å². The number of rotatable bonds is 7. The Labute approximate surface area is 167 Å². The highest BCUT2D eigenvalue weighted by atomic mass is 32.2. The number of sulfonamides is 1. The van der Waals surface area contributed by atoms with Crippen LogP contribution in [0.1, 0.15) is 17.0 Å². The maximum absolute atomic E-state index is 12.5. The summed E-state index contributed by atoms with van der Waals surface area (Å²) < 4.78 is 27.5. The highest BCUT2D eigenvalue weighted by Crippen LogP contribution is 2.28. The van der Waals surface area contributed by atoms with E-state index in [1.165, 1.54) is 18.3 Å². The Kier molecular flexibility index (Phi) is 5.64. The molecule has 150 valence electrons. The zero-order valence-corrected chi connectivity index (χ0v) is 16.5. The van der Waals surface area contributed by atoms with Gasteiger partial charge in [-0.05, 0) is 44.2 Å². The Morgan fingerprint density at radius 1 is 1.10 bits per heavy atom. The first-order valence-electron chi connectivity index (χ1n) is 8.58. The third kappa shape index (κ3) is 4.79. The topological polar surface area (TPSA) is 129 Å². The van der Waals surface area contributed by atoms with Crippen molar-refractivity contribution in [2.75, 3.05) is 10.1 Å². The number of aromatic amines is 1. The highest BCUT2D eigenvalue weighted by Gasteiger charge is 2.21. The molecule has 0 radical (unpaired) electrons. The van der Waals surface area contributed by atoms with Gasteiger partial charge < -0.3 is 4.98 Å². The second kappa shape index (κ2) is 8.15. The van der Waals surface area contributed by atoms with Gasteiger partial charge in [-0.1, -0.05) is 18.2 Å². The van der Waals surface area contributed by atoms with E-state index in [1.54, 1.807) is 30.3 Å². The quantitative estimate of drug-likeness (QED) is 0.308. The number of hydrogen-bond acceptors (Lipinski definition) is 6. The molecule has 1 heterocycles. The van der Waals surface area contributed by atoms with Crippen molar-refractivity contribution < 1.29 is 13.3 Å². The molecule has 3 aromatic rings. The summed E-state index contributed by atoms with van der Waals surface area (Å²) >= 11 is 0. The first kappa shape index (κ1) is 20.1. The Morgan fingerprint density at radius 2 is 1.83 bits per heavy atom. The fraction of sp³-hybridized carbons (Fsp3) is 0.105. The summed E-state index contributed by atoms with van der Waals surface area (Å²) in [6.45, 7) is 3.79. The van der Waals surface area contributed by atoms with Crippen LogP contribution in [-0.2, 0) is 10.0 Å². The molecular weight excluding hydrogens is 394 g/mol. The van der Waals surface area contributed by atoms with Crippen LogP contribution in [0.15, 0.2) is 64.6 Å². The standard InChI is InChI=1S/C19H19N5O4S/c1-13-10-15(14(2)21-13)12-20-22-18-9-8-17(11-19(18)24(25)26)29(27,28)23-16-6-4-3-5-7-16/h3-12,21-23H,1-2H3/b20-12+. The number of benzene rings is 2. The van der Waals surface area contributed by atoms with Gasteiger partial charge in [-0.3, -0.25) is 20.3 Å². The molecule has 29 heavy (non-hydrogen) atoms. The highest BCUT2D eigenvalue weighted by molar-refractivity contribution is 7.92. The number of nitro benzene ring substituents is 1. The Bertz CT molecular complexity index is 1170. The van der Waals surface area contributed by atoms with Crippen LogP contribution in [0.4, 0.5) is 17.1 Å². The predicted molar refractivity (Wildman–Crippen MR) is 112 cm³/mol. The molecule has 0 saturated heterocycles. The molecule has 2 aromatic carbocycles. The van der Waals surface area contributed by atoms with Crippen molar-refractivity contribution in [1.82, 2.24) is 4.98 Å². The number of nitro groups is 1. The molecular formula is C19H19N5O4S. The summed E-state index contributed by atoms with van der Waals surface area (Å²) in [6, 6.07) is 13.8. The average Bonchev–Trinajstić information content (AvgIpc) is 2.99. The smallest absolute Gasteiger partial charge is 0.295 e. The zero-order chi connectivity index (χ0) is 21.0. The molecule has 0 aliphatic carbocycles. The minimum Gasteiger partial charge on any atom is -0.362 e. The lowest BCUT2D eigenvalue weighted by Gasteiger charge is -2.09. The molecule has 3 rings (SSSR count). The normalized spacial score (nSPS) is 11.5. The van der Waals surface area contributed by atoms with Crippen molar-refractivity contribution in [2.45, 2.75) is 18.7 Å². The predicted octanol–water partition coefficient (Wildman–Crippen LogP) is 3.79. The molecule has 0 fully saturated rings. The van der Waals surface area contributed by atoms with E-state index in [1.807, 2.05) is 19.9 Å². The van der Waals surface area contributed by atoms with Crippen molar-refractivity contribution in [3.63, 3.8) is 0 Å². The second-order valence-electron chi connectivity index (χ2n) is 6.31. The summed E-state index contributed by atoms with van der Waals surface area (Å²) in [6.07, 6.45) is 1.53.